The number of nitrogens with zero attached hydrogens (tertiary/aromatic N) is 1. The van der Waals surface area contributed by atoms with Crippen LogP contribution in [0, 0.1) is 5.92 Å². The first-order valence-corrected chi connectivity index (χ1v) is 12.1. The summed E-state index contributed by atoms with van der Waals surface area (Å²) in [6.45, 7) is 0.110. The van der Waals surface area contributed by atoms with Crippen LogP contribution in [0.25, 0.3) is 0 Å². The molecule has 0 bridgehead atoms. The van der Waals surface area contributed by atoms with Crippen molar-refractivity contribution in [3.8, 4) is 5.75 Å². The Labute approximate surface area is 223 Å². The Balaban J connectivity index is 2.63. The molecule has 3 atom stereocenters. The Morgan fingerprint density at radius 2 is 1.46 bits per heavy atom. The van der Waals surface area contributed by atoms with Crippen LogP contribution in [0.1, 0.15) is 12.0 Å². The van der Waals surface area contributed by atoms with Gasteiger partial charge in [0.05, 0.1) is 0 Å². The van der Waals surface area contributed by atoms with Crippen molar-refractivity contribution < 1.29 is 38.9 Å². The van der Waals surface area contributed by atoms with E-state index in [1.165, 1.54) is 17.0 Å². The van der Waals surface area contributed by atoms with Crippen molar-refractivity contribution >= 4 is 47.2 Å². The number of alkyl halides is 2. The van der Waals surface area contributed by atoms with Gasteiger partial charge in [0.1, 0.15) is 17.7 Å². The zero-order valence-electron chi connectivity index (χ0n) is 19.6. The number of nitrogens with two attached hydrogens (primary N) is 1. The molecule has 0 saturated heterocycles. The number of rotatable bonds is 15. The average Bonchev–Trinajstić information content (AvgIpc) is 2.86. The lowest BCUT2D eigenvalue weighted by molar-refractivity contribution is -0.170. The minimum atomic E-state index is -2.05. The van der Waals surface area contributed by atoms with Gasteiger partial charge in [-0.25, -0.2) is 15.0 Å². The molecule has 13 heteroatoms. The molecule has 0 aliphatic heterocycles. The highest BCUT2D eigenvalue weighted by Crippen LogP contribution is 2.31. The third-order valence-electron chi connectivity index (χ3n) is 5.28. The van der Waals surface area contributed by atoms with E-state index in [9.17, 15) is 29.4 Å². The number of carboxylic acids is 2. The second kappa shape index (κ2) is 14.4. The van der Waals surface area contributed by atoms with Crippen LogP contribution < -0.4 is 15.8 Å². The van der Waals surface area contributed by atoms with Gasteiger partial charge in [-0.3, -0.25) is 14.4 Å². The highest BCUT2D eigenvalue weighted by Gasteiger charge is 2.47. The molecule has 0 heterocycles. The Morgan fingerprint density at radius 3 is 1.92 bits per heavy atom. The number of amides is 1. The Kier molecular flexibility index (Phi) is 11.6. The maximum Gasteiger partial charge on any atom is 0.516 e. The lowest BCUT2D eigenvalue weighted by Crippen LogP contribution is -2.64. The molecule has 1 amide bonds. The minimum Gasteiger partial charge on any atom is -0.481 e. The molecule has 2 aromatic carbocycles. The first-order chi connectivity index (χ1) is 17.6. The molecule has 2 aromatic rings. The fourth-order valence-electron chi connectivity index (χ4n) is 3.56. The molecule has 0 spiro atoms. The van der Waals surface area contributed by atoms with E-state index >= 15 is 0 Å². The van der Waals surface area contributed by atoms with E-state index in [0.29, 0.717) is 0 Å². The largest absolute Gasteiger partial charge is 0.516 e. The van der Waals surface area contributed by atoms with Crippen molar-refractivity contribution in [1.82, 2.24) is 10.2 Å². The lowest BCUT2D eigenvalue weighted by Gasteiger charge is -2.44. The van der Waals surface area contributed by atoms with Crippen LogP contribution in [0.2, 0.25) is 0 Å². The molecule has 0 saturated carbocycles. The number of aliphatic carboxylic acids is 2. The summed E-state index contributed by atoms with van der Waals surface area (Å²) in [6, 6.07) is 14.3. The van der Waals surface area contributed by atoms with Gasteiger partial charge in [0.25, 0.3) is 5.85 Å². The summed E-state index contributed by atoms with van der Waals surface area (Å²) in [5.41, 5.74) is 5.45. The monoisotopic (exact) mass is 555 g/mol. The summed E-state index contributed by atoms with van der Waals surface area (Å²) in [6.07, 6.45) is -1.95. The van der Waals surface area contributed by atoms with Gasteiger partial charge < -0.3 is 25.4 Å². The van der Waals surface area contributed by atoms with Crippen LogP contribution in [-0.2, 0) is 25.0 Å². The van der Waals surface area contributed by atoms with Crippen molar-refractivity contribution in [3.05, 3.63) is 66.2 Å². The first kappa shape index (κ1) is 29.8. The average molecular weight is 556 g/mol. The van der Waals surface area contributed by atoms with Gasteiger partial charge in [0.2, 0.25) is 5.91 Å². The third kappa shape index (κ3) is 8.32. The summed E-state index contributed by atoms with van der Waals surface area (Å²) in [4.78, 5) is 50.0. The van der Waals surface area contributed by atoms with E-state index in [-0.39, 0.29) is 36.2 Å². The number of carboxylic acid groups (broad SMARTS) is 2. The number of nitrogens with one attached hydrogen (secondary N) is 1. The van der Waals surface area contributed by atoms with Crippen LogP contribution in [0.5, 0.6) is 5.75 Å². The number of primary amides is 1. The SMILES string of the molecule is NC(=O)C(C[C@H](NC(OC(=O)Oc1ccccc1)(c1ccccc1)N(CCCl)CCCl)C(=O)O)C(=O)O. The summed E-state index contributed by atoms with van der Waals surface area (Å²) in [7, 11) is 0. The number of benzene rings is 2. The molecule has 2 rings (SSSR count). The number of halogens is 2. The van der Waals surface area contributed by atoms with E-state index in [1.54, 1.807) is 48.5 Å². The first-order valence-electron chi connectivity index (χ1n) is 11.1. The Morgan fingerprint density at radius 1 is 0.919 bits per heavy atom. The smallest absolute Gasteiger partial charge is 0.481 e. The van der Waals surface area contributed by atoms with Crippen LogP contribution in [0.15, 0.2) is 60.7 Å². The number of para-hydroxylation sites is 1. The lowest BCUT2D eigenvalue weighted by atomic mass is 9.97. The fraction of sp³-hybridized carbons (Fsp3) is 0.333. The maximum atomic E-state index is 13.0. The van der Waals surface area contributed by atoms with Crippen LogP contribution >= 0.6 is 23.2 Å². The fourth-order valence-corrected chi connectivity index (χ4v) is 3.97. The second-order valence-corrected chi connectivity index (χ2v) is 8.46. The predicted octanol–water partition coefficient (Wildman–Crippen LogP) is 2.41. The Bertz CT molecular complexity index is 1040. The van der Waals surface area contributed by atoms with E-state index in [4.69, 9.17) is 38.4 Å². The van der Waals surface area contributed by atoms with E-state index in [2.05, 4.69) is 5.32 Å². The van der Waals surface area contributed by atoms with Crippen molar-refractivity contribution in [2.45, 2.75) is 18.3 Å². The van der Waals surface area contributed by atoms with E-state index < -0.39 is 48.2 Å². The van der Waals surface area contributed by atoms with Gasteiger partial charge in [-0.15, -0.1) is 23.2 Å². The summed E-state index contributed by atoms with van der Waals surface area (Å²) < 4.78 is 11.1. The molecular weight excluding hydrogens is 529 g/mol. The number of carbonyl (C=O) groups excluding carboxylic acids is 2. The van der Waals surface area contributed by atoms with Gasteiger partial charge in [-0.2, -0.15) is 0 Å². The van der Waals surface area contributed by atoms with Crippen LogP contribution in [0.4, 0.5) is 4.79 Å². The molecule has 0 fully saturated rings. The molecule has 0 aliphatic carbocycles. The molecule has 5 N–H and O–H groups in total. The highest BCUT2D eigenvalue weighted by atomic mass is 35.5. The molecule has 0 radical (unpaired) electrons. The molecular formula is C24H27Cl2N3O8. The van der Waals surface area contributed by atoms with Crippen molar-refractivity contribution in [3.63, 3.8) is 0 Å². The standard InChI is InChI=1S/C24H27Cl2N3O8/c25-11-13-29(14-12-26)24(16-7-3-1-4-8-16,37-23(35)36-17-9-5-2-6-10-17)28-19(22(33)34)15-18(20(27)30)21(31)32/h1-10,18-19,28H,11-15H2,(H2,27,30)(H,31,32)(H,33,34)/t18?,19-,24?/m0/s1. The number of ether oxygens (including phenoxy) is 2. The quantitative estimate of drug-likeness (QED) is 0.0841. The third-order valence-corrected chi connectivity index (χ3v) is 5.61. The summed E-state index contributed by atoms with van der Waals surface area (Å²) in [5.74, 6) is -8.03. The van der Waals surface area contributed by atoms with E-state index in [0.717, 1.165) is 0 Å². The van der Waals surface area contributed by atoms with Gasteiger partial charge in [-0.1, -0.05) is 48.5 Å². The molecule has 37 heavy (non-hydrogen) atoms. The molecule has 0 aromatic heterocycles. The molecule has 2 unspecified atom stereocenters. The normalized spacial score (nSPS) is 14.2. The van der Waals surface area contributed by atoms with Crippen LogP contribution in [-0.4, -0.2) is 70.0 Å². The summed E-state index contributed by atoms with van der Waals surface area (Å²) in [5, 5.41) is 22.1. The minimum absolute atomic E-state index is 0.0288. The van der Waals surface area contributed by atoms with Crippen molar-refractivity contribution in [2.24, 2.45) is 11.7 Å². The number of hydrogen-bond acceptors (Lipinski definition) is 8. The predicted molar refractivity (Wildman–Crippen MR) is 134 cm³/mol. The zero-order chi connectivity index (χ0) is 27.4. The van der Waals surface area contributed by atoms with Gasteiger partial charge in [0, 0.05) is 30.4 Å². The van der Waals surface area contributed by atoms with Gasteiger partial charge >= 0.3 is 18.1 Å². The summed E-state index contributed by atoms with van der Waals surface area (Å²) >= 11 is 12.0. The van der Waals surface area contributed by atoms with Crippen molar-refractivity contribution in [2.75, 3.05) is 24.8 Å². The number of hydrogen-bond donors (Lipinski definition) is 4. The zero-order valence-corrected chi connectivity index (χ0v) is 21.1. The molecule has 200 valence electrons. The second-order valence-electron chi connectivity index (χ2n) is 7.71. The molecule has 0 aliphatic rings. The Hall–Kier alpha value is -3.38. The van der Waals surface area contributed by atoms with E-state index in [1.807, 2.05) is 0 Å². The molecule has 11 nitrogen and oxygen atoms in total. The highest BCUT2D eigenvalue weighted by molar-refractivity contribution is 6.18. The van der Waals surface area contributed by atoms with Gasteiger partial charge in [0.15, 0.2) is 0 Å². The van der Waals surface area contributed by atoms with Crippen molar-refractivity contribution in [1.29, 1.82) is 0 Å². The van der Waals surface area contributed by atoms with Gasteiger partial charge in [-0.05, 0) is 18.6 Å². The van der Waals surface area contributed by atoms with Crippen LogP contribution in [0.3, 0.4) is 0 Å². The maximum absolute atomic E-state index is 13.0. The topological polar surface area (TPSA) is 168 Å². The number of carbonyl (C=O) groups is 4.